The summed E-state index contributed by atoms with van der Waals surface area (Å²) in [5, 5.41) is 12.5. The normalized spacial score (nSPS) is 10.4. The molecule has 0 bridgehead atoms. The fraction of sp³-hybridized carbons (Fsp3) is 0.115. The number of urea groups is 1. The van der Waals surface area contributed by atoms with E-state index in [0.29, 0.717) is 34.4 Å². The number of carbonyl (C=O) groups is 3. The van der Waals surface area contributed by atoms with Gasteiger partial charge in [0.05, 0.1) is 17.8 Å². The van der Waals surface area contributed by atoms with Gasteiger partial charge in [-0.1, -0.05) is 12.1 Å². The Hall–Kier alpha value is -5.19. The fourth-order valence-electron chi connectivity index (χ4n) is 3.53. The Kier molecular flexibility index (Phi) is 7.43. The Morgan fingerprint density at radius 3 is 2.49 bits per heavy atom. The van der Waals surface area contributed by atoms with Gasteiger partial charge in [0.15, 0.2) is 0 Å². The fourth-order valence-corrected chi connectivity index (χ4v) is 3.53. The van der Waals surface area contributed by atoms with Gasteiger partial charge in [0, 0.05) is 31.1 Å². The number of ether oxygens (including phenoxy) is 1. The molecular weight excluding hydrogens is 474 g/mol. The first-order chi connectivity index (χ1) is 17.8. The lowest BCUT2D eigenvalue weighted by Crippen LogP contribution is -2.21. The van der Waals surface area contributed by atoms with Crippen molar-refractivity contribution in [2.24, 2.45) is 5.73 Å². The first kappa shape index (κ1) is 24.9. The van der Waals surface area contributed by atoms with Gasteiger partial charge in [-0.25, -0.2) is 9.48 Å². The van der Waals surface area contributed by atoms with Crippen LogP contribution in [0.4, 0.5) is 16.3 Å². The Labute approximate surface area is 212 Å². The van der Waals surface area contributed by atoms with Gasteiger partial charge in [-0.2, -0.15) is 5.10 Å². The summed E-state index contributed by atoms with van der Waals surface area (Å²) in [5.74, 6) is 0.680. The molecule has 0 aliphatic heterocycles. The van der Waals surface area contributed by atoms with E-state index in [1.807, 2.05) is 13.0 Å². The number of amides is 4. The summed E-state index contributed by atoms with van der Waals surface area (Å²) >= 11 is 0. The molecule has 11 heteroatoms. The van der Waals surface area contributed by atoms with Gasteiger partial charge in [0.25, 0.3) is 5.91 Å². The van der Waals surface area contributed by atoms with Gasteiger partial charge in [0.2, 0.25) is 5.91 Å². The summed E-state index contributed by atoms with van der Waals surface area (Å²) in [6.45, 7) is 1.81. The number of anilines is 2. The van der Waals surface area contributed by atoms with E-state index in [0.717, 1.165) is 5.56 Å². The van der Waals surface area contributed by atoms with Crippen LogP contribution in [0, 0.1) is 6.92 Å². The molecule has 0 fully saturated rings. The van der Waals surface area contributed by atoms with E-state index in [9.17, 15) is 14.4 Å². The van der Waals surface area contributed by atoms with Gasteiger partial charge < -0.3 is 21.1 Å². The van der Waals surface area contributed by atoms with Crippen molar-refractivity contribution in [1.29, 1.82) is 0 Å². The average molecular weight is 500 g/mol. The third-order valence-electron chi connectivity index (χ3n) is 5.15. The molecule has 0 spiro atoms. The van der Waals surface area contributed by atoms with Crippen LogP contribution >= 0.6 is 0 Å². The van der Waals surface area contributed by atoms with Gasteiger partial charge in [-0.15, -0.1) is 0 Å². The van der Waals surface area contributed by atoms with Gasteiger partial charge in [0.1, 0.15) is 23.0 Å². The zero-order valence-electron chi connectivity index (χ0n) is 20.2. The van der Waals surface area contributed by atoms with Crippen LogP contribution in [0.5, 0.6) is 11.5 Å². The smallest absolute Gasteiger partial charge is 0.324 e. The summed E-state index contributed by atoms with van der Waals surface area (Å²) in [6.07, 6.45) is 1.59. The largest absolute Gasteiger partial charge is 0.457 e. The molecule has 188 valence electrons. The van der Waals surface area contributed by atoms with Gasteiger partial charge >= 0.3 is 6.03 Å². The molecule has 4 rings (SSSR count). The maximum atomic E-state index is 12.7. The number of carbonyl (C=O) groups excluding carboxylic acids is 3. The van der Waals surface area contributed by atoms with Crippen molar-refractivity contribution >= 4 is 29.4 Å². The minimum Gasteiger partial charge on any atom is -0.457 e. The molecule has 2 heterocycles. The van der Waals surface area contributed by atoms with Crippen LogP contribution in [0.15, 0.2) is 72.9 Å². The van der Waals surface area contributed by atoms with Crippen LogP contribution in [0.1, 0.15) is 21.7 Å². The third-order valence-corrected chi connectivity index (χ3v) is 5.15. The lowest BCUT2D eigenvalue weighted by atomic mass is 10.1. The number of pyridine rings is 1. The quantitative estimate of drug-likeness (QED) is 0.291. The molecular formula is C26H25N7O4. The molecule has 4 amide bonds. The summed E-state index contributed by atoms with van der Waals surface area (Å²) in [7, 11) is 1.53. The molecule has 0 aliphatic rings. The maximum Gasteiger partial charge on any atom is 0.324 e. The molecule has 11 nitrogen and oxygen atoms in total. The molecule has 0 radical (unpaired) electrons. The molecule has 2 aromatic heterocycles. The highest BCUT2D eigenvalue weighted by molar-refractivity contribution is 5.99. The van der Waals surface area contributed by atoms with E-state index in [1.54, 1.807) is 59.3 Å². The zero-order valence-corrected chi connectivity index (χ0v) is 20.2. The number of aryl methyl sites for hydroxylation is 1. The molecule has 2 aromatic carbocycles. The summed E-state index contributed by atoms with van der Waals surface area (Å²) in [4.78, 5) is 39.7. The number of nitrogens with two attached hydrogens (primary N) is 1. The monoisotopic (exact) mass is 499 g/mol. The van der Waals surface area contributed by atoms with Crippen molar-refractivity contribution in [3.8, 4) is 17.2 Å². The summed E-state index contributed by atoms with van der Waals surface area (Å²) in [5.41, 5.74) is 8.21. The highest BCUT2D eigenvalue weighted by Gasteiger charge is 2.13. The number of benzene rings is 2. The van der Waals surface area contributed by atoms with Crippen molar-refractivity contribution in [3.63, 3.8) is 0 Å². The van der Waals surface area contributed by atoms with Crippen molar-refractivity contribution in [1.82, 2.24) is 20.1 Å². The van der Waals surface area contributed by atoms with E-state index < -0.39 is 11.9 Å². The standard InChI is InChI=1S/C26H25N7O4/c1-16-12-24(33(32-16)19-5-3-4-17(13-19)14-23(27)34)31-26(36)30-18-6-8-20(9-7-18)37-21-10-11-29-22(15-21)25(35)28-2/h3-13,15H,14H2,1-2H3,(H2,27,34)(H,28,35)(H2,30,31,36). The first-order valence-corrected chi connectivity index (χ1v) is 11.3. The van der Waals surface area contributed by atoms with Crippen LogP contribution < -0.4 is 26.4 Å². The Bertz CT molecular complexity index is 1450. The lowest BCUT2D eigenvalue weighted by Gasteiger charge is -2.12. The molecule has 0 saturated carbocycles. The van der Waals surface area contributed by atoms with E-state index in [2.05, 4.69) is 26.0 Å². The van der Waals surface area contributed by atoms with E-state index >= 15 is 0 Å². The van der Waals surface area contributed by atoms with E-state index in [1.165, 1.54) is 19.3 Å². The molecule has 0 unspecified atom stereocenters. The van der Waals surface area contributed by atoms with E-state index in [4.69, 9.17) is 10.5 Å². The van der Waals surface area contributed by atoms with Crippen molar-refractivity contribution < 1.29 is 19.1 Å². The second-order valence-electron chi connectivity index (χ2n) is 8.06. The zero-order chi connectivity index (χ0) is 26.4. The Morgan fingerprint density at radius 1 is 0.973 bits per heavy atom. The third kappa shape index (κ3) is 6.48. The van der Waals surface area contributed by atoms with Gasteiger partial charge in [-0.05, 0) is 55.0 Å². The Balaban J connectivity index is 1.42. The second kappa shape index (κ2) is 11.0. The van der Waals surface area contributed by atoms with Crippen LogP contribution in [-0.4, -0.2) is 39.7 Å². The number of rotatable bonds is 8. The topological polar surface area (TPSA) is 153 Å². The molecule has 0 saturated heterocycles. The van der Waals surface area contributed by atoms with Crippen LogP contribution in [0.2, 0.25) is 0 Å². The molecule has 0 aliphatic carbocycles. The van der Waals surface area contributed by atoms with E-state index in [-0.39, 0.29) is 18.0 Å². The number of hydrogen-bond acceptors (Lipinski definition) is 6. The second-order valence-corrected chi connectivity index (χ2v) is 8.06. The highest BCUT2D eigenvalue weighted by atomic mass is 16.5. The van der Waals surface area contributed by atoms with Crippen molar-refractivity contribution in [2.45, 2.75) is 13.3 Å². The molecule has 5 N–H and O–H groups in total. The molecule has 0 atom stereocenters. The lowest BCUT2D eigenvalue weighted by molar-refractivity contribution is -0.117. The highest BCUT2D eigenvalue weighted by Crippen LogP contribution is 2.24. The van der Waals surface area contributed by atoms with Crippen LogP contribution in [-0.2, 0) is 11.2 Å². The summed E-state index contributed by atoms with van der Waals surface area (Å²) in [6, 6.07) is 18.4. The molecule has 4 aromatic rings. The number of aromatic nitrogens is 3. The number of nitrogens with zero attached hydrogens (tertiary/aromatic N) is 3. The number of hydrogen-bond donors (Lipinski definition) is 4. The molecule has 37 heavy (non-hydrogen) atoms. The predicted molar refractivity (Wildman–Crippen MR) is 138 cm³/mol. The van der Waals surface area contributed by atoms with Crippen LogP contribution in [0.25, 0.3) is 5.69 Å². The van der Waals surface area contributed by atoms with Crippen molar-refractivity contribution in [2.75, 3.05) is 17.7 Å². The predicted octanol–water partition coefficient (Wildman–Crippen LogP) is 3.40. The first-order valence-electron chi connectivity index (χ1n) is 11.3. The number of nitrogens with one attached hydrogen (secondary N) is 3. The minimum atomic E-state index is -0.465. The van der Waals surface area contributed by atoms with Crippen LogP contribution in [0.3, 0.4) is 0 Å². The average Bonchev–Trinajstić information content (AvgIpc) is 3.24. The SMILES string of the molecule is CNC(=O)c1cc(Oc2ccc(NC(=O)Nc3cc(C)nn3-c3cccc(CC(N)=O)c3)cc2)ccn1. The maximum absolute atomic E-state index is 12.7. The minimum absolute atomic E-state index is 0.105. The Morgan fingerprint density at radius 2 is 1.76 bits per heavy atom. The summed E-state index contributed by atoms with van der Waals surface area (Å²) < 4.78 is 7.36. The van der Waals surface area contributed by atoms with Gasteiger partial charge in [-0.3, -0.25) is 19.9 Å². The van der Waals surface area contributed by atoms with Crippen molar-refractivity contribution in [3.05, 3.63) is 89.9 Å². The number of primary amides is 1.